The molecule has 0 saturated heterocycles. The predicted molar refractivity (Wildman–Crippen MR) is 85.5 cm³/mol. The Kier molecular flexibility index (Phi) is 3.93. The third kappa shape index (κ3) is 2.79. The molecule has 0 saturated carbocycles. The van der Waals surface area contributed by atoms with Gasteiger partial charge in [-0.25, -0.2) is 14.4 Å². The van der Waals surface area contributed by atoms with Crippen molar-refractivity contribution in [3.05, 3.63) is 56.7 Å². The molecule has 0 spiro atoms. The van der Waals surface area contributed by atoms with Crippen LogP contribution in [0.15, 0.2) is 35.0 Å². The highest BCUT2D eigenvalue weighted by atomic mass is 35.5. The largest absolute Gasteiger partial charge is 0.216 e. The second-order valence-electron chi connectivity index (χ2n) is 4.48. The van der Waals surface area contributed by atoms with Crippen molar-refractivity contribution in [2.45, 2.75) is 6.92 Å². The minimum Gasteiger partial charge on any atom is -0.216 e. The molecule has 0 bridgehead atoms. The number of benzene rings is 1. The molecule has 3 rings (SSSR count). The lowest BCUT2D eigenvalue weighted by atomic mass is 10.1. The molecule has 6 heteroatoms. The monoisotopic (exact) mass is 338 g/mol. The Labute approximate surface area is 135 Å². The lowest BCUT2D eigenvalue weighted by molar-refractivity contribution is 0.628. The number of hydrogen-bond donors (Lipinski definition) is 0. The molecule has 0 fully saturated rings. The number of halogens is 3. The molecule has 0 amide bonds. The first-order chi connectivity index (χ1) is 10.1. The lowest BCUT2D eigenvalue weighted by Crippen LogP contribution is -1.95. The Morgan fingerprint density at radius 3 is 2.14 bits per heavy atom. The van der Waals surface area contributed by atoms with E-state index in [2.05, 4.69) is 9.97 Å². The number of thiophene rings is 1. The van der Waals surface area contributed by atoms with Crippen LogP contribution in [0, 0.1) is 12.7 Å². The van der Waals surface area contributed by atoms with Crippen LogP contribution in [0.1, 0.15) is 5.56 Å². The molecule has 106 valence electrons. The number of aryl methyl sites for hydroxylation is 1. The van der Waals surface area contributed by atoms with E-state index in [1.54, 1.807) is 23.5 Å². The van der Waals surface area contributed by atoms with Crippen molar-refractivity contribution in [2.75, 3.05) is 0 Å². The highest BCUT2D eigenvalue weighted by Crippen LogP contribution is 2.35. The number of nitrogens with zero attached hydrogens (tertiary/aromatic N) is 2. The van der Waals surface area contributed by atoms with E-state index in [9.17, 15) is 4.39 Å². The van der Waals surface area contributed by atoms with Crippen LogP contribution in [-0.2, 0) is 0 Å². The van der Waals surface area contributed by atoms with E-state index < -0.39 is 0 Å². The van der Waals surface area contributed by atoms with Crippen molar-refractivity contribution in [3.63, 3.8) is 0 Å². The van der Waals surface area contributed by atoms with Crippen molar-refractivity contribution in [3.8, 4) is 22.5 Å². The minimum atomic E-state index is -0.322. The van der Waals surface area contributed by atoms with E-state index in [0.29, 0.717) is 17.0 Å². The van der Waals surface area contributed by atoms with Crippen LogP contribution in [0.5, 0.6) is 0 Å². The maximum absolute atomic E-state index is 13.0. The van der Waals surface area contributed by atoms with Crippen LogP contribution < -0.4 is 0 Å². The summed E-state index contributed by atoms with van der Waals surface area (Å²) < 4.78 is 13.0. The van der Waals surface area contributed by atoms with E-state index in [1.807, 2.05) is 17.7 Å². The zero-order valence-electron chi connectivity index (χ0n) is 10.9. The van der Waals surface area contributed by atoms with Crippen molar-refractivity contribution < 1.29 is 4.39 Å². The van der Waals surface area contributed by atoms with Gasteiger partial charge in [-0.1, -0.05) is 35.3 Å². The zero-order chi connectivity index (χ0) is 15.0. The molecule has 0 aliphatic carbocycles. The van der Waals surface area contributed by atoms with Gasteiger partial charge < -0.3 is 0 Å². The summed E-state index contributed by atoms with van der Waals surface area (Å²) >= 11 is 14.1. The molecule has 1 aromatic carbocycles. The third-order valence-electron chi connectivity index (χ3n) is 3.05. The molecule has 0 atom stereocenters. The number of rotatable bonds is 2. The minimum absolute atomic E-state index is 0.252. The van der Waals surface area contributed by atoms with Crippen LogP contribution in [0.2, 0.25) is 10.3 Å². The van der Waals surface area contributed by atoms with E-state index in [-0.39, 0.29) is 16.1 Å². The van der Waals surface area contributed by atoms with Gasteiger partial charge in [0.2, 0.25) is 0 Å². The molecular formula is C15H9Cl2FN2S. The van der Waals surface area contributed by atoms with Gasteiger partial charge in [0.1, 0.15) is 16.1 Å². The summed E-state index contributed by atoms with van der Waals surface area (Å²) in [7, 11) is 0. The van der Waals surface area contributed by atoms with E-state index in [4.69, 9.17) is 23.2 Å². The molecule has 2 aromatic heterocycles. The predicted octanol–water partition coefficient (Wildman–Crippen LogP) is 5.63. The van der Waals surface area contributed by atoms with Gasteiger partial charge in [0.05, 0.1) is 5.56 Å². The summed E-state index contributed by atoms with van der Waals surface area (Å²) in [6.45, 7) is 1.98. The van der Waals surface area contributed by atoms with Crippen LogP contribution >= 0.6 is 34.5 Å². The van der Waals surface area contributed by atoms with Gasteiger partial charge in [-0.3, -0.25) is 0 Å². The summed E-state index contributed by atoms with van der Waals surface area (Å²) in [6, 6.07) is 5.89. The molecule has 2 nitrogen and oxygen atoms in total. The van der Waals surface area contributed by atoms with Crippen LogP contribution in [0.4, 0.5) is 4.39 Å². The number of aromatic nitrogens is 2. The van der Waals surface area contributed by atoms with Crippen molar-refractivity contribution in [1.82, 2.24) is 9.97 Å². The Morgan fingerprint density at radius 1 is 1.00 bits per heavy atom. The SMILES string of the molecule is Cc1cscc1-c1nc(Cl)c(-c2ccc(F)cc2)c(Cl)n1. The average molecular weight is 339 g/mol. The van der Waals surface area contributed by atoms with Gasteiger partial charge >= 0.3 is 0 Å². The Hall–Kier alpha value is -1.49. The smallest absolute Gasteiger partial charge is 0.163 e. The topological polar surface area (TPSA) is 25.8 Å². The van der Waals surface area contributed by atoms with E-state index in [1.165, 1.54) is 12.1 Å². The van der Waals surface area contributed by atoms with Gasteiger partial charge in [-0.05, 0) is 35.6 Å². The lowest BCUT2D eigenvalue weighted by Gasteiger charge is -2.08. The standard InChI is InChI=1S/C15H9Cl2FN2S/c1-8-6-21-7-11(8)15-19-13(16)12(14(17)20-15)9-2-4-10(18)5-3-9/h2-7H,1H3. The fourth-order valence-electron chi connectivity index (χ4n) is 1.97. The molecule has 0 aliphatic heterocycles. The molecule has 21 heavy (non-hydrogen) atoms. The van der Waals surface area contributed by atoms with Crippen molar-refractivity contribution in [1.29, 1.82) is 0 Å². The summed E-state index contributed by atoms with van der Waals surface area (Å²) in [4.78, 5) is 8.64. The van der Waals surface area contributed by atoms with Crippen LogP contribution in [0.3, 0.4) is 0 Å². The van der Waals surface area contributed by atoms with Crippen molar-refractivity contribution >= 4 is 34.5 Å². The first-order valence-corrected chi connectivity index (χ1v) is 7.78. The van der Waals surface area contributed by atoms with E-state index >= 15 is 0 Å². The number of hydrogen-bond acceptors (Lipinski definition) is 3. The summed E-state index contributed by atoms with van der Waals surface area (Å²) in [5, 5.41) is 4.47. The highest BCUT2D eigenvalue weighted by Gasteiger charge is 2.16. The van der Waals surface area contributed by atoms with E-state index in [0.717, 1.165) is 11.1 Å². The first kappa shape index (κ1) is 14.4. The van der Waals surface area contributed by atoms with Crippen LogP contribution in [0.25, 0.3) is 22.5 Å². The first-order valence-electron chi connectivity index (χ1n) is 6.08. The van der Waals surface area contributed by atoms with Crippen molar-refractivity contribution in [2.24, 2.45) is 0 Å². The Morgan fingerprint density at radius 2 is 1.62 bits per heavy atom. The molecule has 0 N–H and O–H groups in total. The van der Waals surface area contributed by atoms with Crippen LogP contribution in [-0.4, -0.2) is 9.97 Å². The fraction of sp³-hybridized carbons (Fsp3) is 0.0667. The molecule has 0 unspecified atom stereocenters. The molecule has 2 heterocycles. The van der Waals surface area contributed by atoms with Gasteiger partial charge in [0.15, 0.2) is 5.82 Å². The fourth-order valence-corrected chi connectivity index (χ4v) is 3.40. The second kappa shape index (κ2) is 5.72. The zero-order valence-corrected chi connectivity index (χ0v) is 13.2. The van der Waals surface area contributed by atoms with Gasteiger partial charge in [0, 0.05) is 10.9 Å². The second-order valence-corrected chi connectivity index (χ2v) is 5.94. The molecule has 3 aromatic rings. The maximum atomic E-state index is 13.0. The Bertz CT molecular complexity index is 777. The van der Waals surface area contributed by atoms with Gasteiger partial charge in [-0.15, -0.1) is 0 Å². The Balaban J connectivity index is 2.13. The molecule has 0 aliphatic rings. The third-order valence-corrected chi connectivity index (χ3v) is 4.46. The molecular weight excluding hydrogens is 330 g/mol. The quantitative estimate of drug-likeness (QED) is 0.566. The normalized spacial score (nSPS) is 10.9. The van der Waals surface area contributed by atoms with Gasteiger partial charge in [-0.2, -0.15) is 11.3 Å². The average Bonchev–Trinajstić information content (AvgIpc) is 2.86. The summed E-state index contributed by atoms with van der Waals surface area (Å²) in [5.74, 6) is 0.173. The summed E-state index contributed by atoms with van der Waals surface area (Å²) in [5.41, 5.74) is 3.17. The highest BCUT2D eigenvalue weighted by molar-refractivity contribution is 7.08. The molecule has 0 radical (unpaired) electrons. The maximum Gasteiger partial charge on any atom is 0.163 e. The van der Waals surface area contributed by atoms with Gasteiger partial charge in [0.25, 0.3) is 0 Å². The summed E-state index contributed by atoms with van der Waals surface area (Å²) in [6.07, 6.45) is 0.